The topological polar surface area (TPSA) is 105 Å². The van der Waals surface area contributed by atoms with E-state index in [9.17, 15) is 19.4 Å². The molecule has 0 aliphatic rings. The van der Waals surface area contributed by atoms with Gasteiger partial charge in [0.25, 0.3) is 0 Å². The van der Waals surface area contributed by atoms with Crippen LogP contribution < -0.4 is 5.32 Å². The van der Waals surface area contributed by atoms with Gasteiger partial charge < -0.3 is 19.8 Å². The van der Waals surface area contributed by atoms with E-state index in [1.807, 2.05) is 21.1 Å². The van der Waals surface area contributed by atoms with Gasteiger partial charge >= 0.3 is 7.82 Å². The lowest BCUT2D eigenvalue weighted by Crippen LogP contribution is -2.46. The van der Waals surface area contributed by atoms with Gasteiger partial charge in [0, 0.05) is 6.42 Å². The van der Waals surface area contributed by atoms with Crippen LogP contribution in [0.25, 0.3) is 0 Å². The standard InChI is InChI=1S/C49H99N2O6P/c1-6-8-10-11-12-13-14-15-16-17-18-19-20-21-22-23-24-25-26-27-28-29-30-31-32-33-34-35-36-37-38-39-41-43-49(53)50-47(48(52)42-40-9-7-2)46-57-58(54,55)56-45-44-51(3,4)5/h17-18,47-48,52H,6-16,19-46H2,1-5H3,(H-,50,53,54,55)/p+1/b18-17-. The van der Waals surface area contributed by atoms with Crippen LogP contribution in [-0.4, -0.2) is 73.4 Å². The highest BCUT2D eigenvalue weighted by Crippen LogP contribution is 2.43. The second-order valence-electron chi connectivity index (χ2n) is 18.5. The van der Waals surface area contributed by atoms with Crippen LogP contribution in [0, 0.1) is 0 Å². The predicted molar refractivity (Wildman–Crippen MR) is 249 cm³/mol. The molecule has 3 N–H and O–H groups in total. The second-order valence-corrected chi connectivity index (χ2v) is 20.0. The Morgan fingerprint density at radius 1 is 0.569 bits per heavy atom. The van der Waals surface area contributed by atoms with Gasteiger partial charge in [-0.2, -0.15) is 0 Å². The number of aliphatic hydroxyl groups is 1. The first-order valence-corrected chi connectivity index (χ1v) is 26.5. The molecule has 3 unspecified atom stereocenters. The number of unbranched alkanes of at least 4 members (excludes halogenated alkanes) is 31. The van der Waals surface area contributed by atoms with Crippen molar-refractivity contribution in [1.82, 2.24) is 5.32 Å². The highest BCUT2D eigenvalue weighted by Gasteiger charge is 2.28. The maximum Gasteiger partial charge on any atom is 0.472 e. The van der Waals surface area contributed by atoms with E-state index in [1.165, 1.54) is 180 Å². The lowest BCUT2D eigenvalue weighted by Gasteiger charge is -2.26. The maximum atomic E-state index is 12.7. The molecule has 8 nitrogen and oxygen atoms in total. The molecule has 0 saturated carbocycles. The molecule has 0 spiro atoms. The zero-order chi connectivity index (χ0) is 42.8. The number of rotatable bonds is 46. The van der Waals surface area contributed by atoms with Gasteiger partial charge in [0.1, 0.15) is 13.2 Å². The van der Waals surface area contributed by atoms with E-state index in [1.54, 1.807) is 0 Å². The van der Waals surface area contributed by atoms with Crippen molar-refractivity contribution >= 4 is 13.7 Å². The minimum atomic E-state index is -4.29. The Morgan fingerprint density at radius 3 is 1.33 bits per heavy atom. The predicted octanol–water partition coefficient (Wildman–Crippen LogP) is 14.3. The molecule has 0 radical (unpaired) electrons. The van der Waals surface area contributed by atoms with E-state index in [2.05, 4.69) is 31.3 Å². The number of phosphoric ester groups is 1. The number of carbonyl (C=O) groups excluding carboxylic acids is 1. The average Bonchev–Trinajstić information content (AvgIpc) is 3.17. The average molecular weight is 844 g/mol. The lowest BCUT2D eigenvalue weighted by atomic mass is 10.0. The third-order valence-corrected chi connectivity index (χ3v) is 12.5. The summed E-state index contributed by atoms with van der Waals surface area (Å²) in [6.07, 6.45) is 49.4. The molecule has 0 saturated heterocycles. The van der Waals surface area contributed by atoms with E-state index < -0.39 is 20.0 Å². The van der Waals surface area contributed by atoms with Gasteiger partial charge in [0.2, 0.25) is 5.91 Å². The Balaban J connectivity index is 3.66. The Morgan fingerprint density at radius 2 is 0.931 bits per heavy atom. The number of allylic oxidation sites excluding steroid dienone is 2. The molecule has 346 valence electrons. The number of nitrogens with zero attached hydrogens (tertiary/aromatic N) is 1. The third-order valence-electron chi connectivity index (χ3n) is 11.5. The highest BCUT2D eigenvalue weighted by atomic mass is 31.2. The highest BCUT2D eigenvalue weighted by molar-refractivity contribution is 7.47. The Kier molecular flexibility index (Phi) is 41.0. The van der Waals surface area contributed by atoms with Crippen LogP contribution in [-0.2, 0) is 18.4 Å². The van der Waals surface area contributed by atoms with Crippen molar-refractivity contribution in [2.24, 2.45) is 0 Å². The van der Waals surface area contributed by atoms with E-state index in [-0.39, 0.29) is 19.1 Å². The van der Waals surface area contributed by atoms with Gasteiger partial charge in [0.05, 0.1) is 39.9 Å². The van der Waals surface area contributed by atoms with Crippen LogP contribution >= 0.6 is 7.82 Å². The SMILES string of the molecule is CCCCCCCCCC/C=C\CCCCCCCCCCCCCCCCCCCCCCCC(=O)NC(COP(=O)(O)OCC[N+](C)(C)C)C(O)CCCCC. The summed E-state index contributed by atoms with van der Waals surface area (Å²) in [5.74, 6) is -0.152. The number of aliphatic hydroxyl groups excluding tert-OH is 1. The third kappa shape index (κ3) is 43.3. The zero-order valence-electron chi connectivity index (χ0n) is 39.3. The molecule has 0 heterocycles. The molecular weight excluding hydrogens is 744 g/mol. The fraction of sp³-hybridized carbons (Fsp3) is 0.939. The van der Waals surface area contributed by atoms with Crippen LogP contribution in [0.5, 0.6) is 0 Å². The Labute approximate surface area is 361 Å². The number of hydrogen-bond acceptors (Lipinski definition) is 5. The van der Waals surface area contributed by atoms with E-state index in [4.69, 9.17) is 9.05 Å². The first-order chi connectivity index (χ1) is 28.0. The van der Waals surface area contributed by atoms with Crippen molar-refractivity contribution in [3.8, 4) is 0 Å². The quantitative estimate of drug-likeness (QED) is 0.0244. The van der Waals surface area contributed by atoms with Crippen molar-refractivity contribution in [2.45, 2.75) is 257 Å². The monoisotopic (exact) mass is 844 g/mol. The summed E-state index contributed by atoms with van der Waals surface area (Å²) in [5, 5.41) is 13.6. The number of carbonyl (C=O) groups is 1. The fourth-order valence-electron chi connectivity index (χ4n) is 7.51. The fourth-order valence-corrected chi connectivity index (χ4v) is 8.25. The smallest absolute Gasteiger partial charge is 0.391 e. The van der Waals surface area contributed by atoms with Crippen molar-refractivity contribution < 1.29 is 32.9 Å². The van der Waals surface area contributed by atoms with Crippen molar-refractivity contribution in [1.29, 1.82) is 0 Å². The van der Waals surface area contributed by atoms with Gasteiger partial charge in [0.15, 0.2) is 0 Å². The van der Waals surface area contributed by atoms with Gasteiger partial charge in [-0.15, -0.1) is 0 Å². The molecule has 0 rings (SSSR count). The Bertz CT molecular complexity index is 958. The largest absolute Gasteiger partial charge is 0.472 e. The summed E-state index contributed by atoms with van der Waals surface area (Å²) in [6, 6.07) is -0.751. The first-order valence-electron chi connectivity index (χ1n) is 25.1. The molecule has 0 fully saturated rings. The molecule has 0 aliphatic heterocycles. The number of phosphoric acid groups is 1. The van der Waals surface area contributed by atoms with Crippen LogP contribution in [0.15, 0.2) is 12.2 Å². The van der Waals surface area contributed by atoms with E-state index in [0.29, 0.717) is 23.9 Å². The molecule has 0 aliphatic carbocycles. The van der Waals surface area contributed by atoms with E-state index in [0.717, 1.165) is 38.5 Å². The number of quaternary nitrogens is 1. The normalized spacial score (nSPS) is 14.3. The molecule has 0 bridgehead atoms. The molecule has 1 amide bonds. The molecule has 58 heavy (non-hydrogen) atoms. The molecular formula is C49H100N2O6P+. The van der Waals surface area contributed by atoms with Gasteiger partial charge in [-0.25, -0.2) is 4.57 Å². The number of nitrogens with one attached hydrogen (secondary N) is 1. The summed E-state index contributed by atoms with van der Waals surface area (Å²) in [6.45, 7) is 4.74. The first kappa shape index (κ1) is 57.2. The van der Waals surface area contributed by atoms with Crippen LogP contribution in [0.1, 0.15) is 245 Å². The molecule has 0 aromatic rings. The van der Waals surface area contributed by atoms with Gasteiger partial charge in [-0.05, 0) is 38.5 Å². The minimum Gasteiger partial charge on any atom is -0.391 e. The van der Waals surface area contributed by atoms with Gasteiger partial charge in [-0.3, -0.25) is 13.8 Å². The van der Waals surface area contributed by atoms with Crippen molar-refractivity contribution in [3.05, 3.63) is 12.2 Å². The number of likely N-dealkylation sites (N-methyl/N-ethyl adjacent to an activating group) is 1. The summed E-state index contributed by atoms with van der Waals surface area (Å²) in [7, 11) is 1.62. The molecule has 0 aromatic carbocycles. The van der Waals surface area contributed by atoms with Gasteiger partial charge in [-0.1, -0.05) is 212 Å². The Hall–Kier alpha value is -0.760. The lowest BCUT2D eigenvalue weighted by molar-refractivity contribution is -0.870. The molecule has 0 aromatic heterocycles. The minimum absolute atomic E-state index is 0.0755. The second kappa shape index (κ2) is 41.6. The van der Waals surface area contributed by atoms with Crippen molar-refractivity contribution in [2.75, 3.05) is 40.9 Å². The number of hydrogen-bond donors (Lipinski definition) is 3. The summed E-state index contributed by atoms with van der Waals surface area (Å²) in [4.78, 5) is 22.9. The summed E-state index contributed by atoms with van der Waals surface area (Å²) < 4.78 is 23.3. The summed E-state index contributed by atoms with van der Waals surface area (Å²) in [5.41, 5.74) is 0. The zero-order valence-corrected chi connectivity index (χ0v) is 40.2. The van der Waals surface area contributed by atoms with Crippen LogP contribution in [0.3, 0.4) is 0 Å². The summed E-state index contributed by atoms with van der Waals surface area (Å²) >= 11 is 0. The maximum absolute atomic E-state index is 12.7. The van der Waals surface area contributed by atoms with Crippen LogP contribution in [0.2, 0.25) is 0 Å². The number of amides is 1. The molecule has 9 heteroatoms. The molecule has 3 atom stereocenters. The van der Waals surface area contributed by atoms with Crippen LogP contribution in [0.4, 0.5) is 0 Å². The van der Waals surface area contributed by atoms with Crippen molar-refractivity contribution in [3.63, 3.8) is 0 Å². The van der Waals surface area contributed by atoms with E-state index >= 15 is 0 Å².